The van der Waals surface area contributed by atoms with Crippen molar-refractivity contribution in [3.05, 3.63) is 34.4 Å². The van der Waals surface area contributed by atoms with Gasteiger partial charge in [-0.2, -0.15) is 11.3 Å². The summed E-state index contributed by atoms with van der Waals surface area (Å²) in [4.78, 5) is 17.7. The smallest absolute Gasteiger partial charge is 0.305 e. The normalized spacial score (nSPS) is 13.4. The maximum absolute atomic E-state index is 12.4. The molecule has 2 rings (SSSR count). The molecule has 0 aliphatic heterocycles. The van der Waals surface area contributed by atoms with E-state index in [0.29, 0.717) is 11.4 Å². The Balaban J connectivity index is 2.25. The van der Waals surface area contributed by atoms with E-state index in [1.807, 2.05) is 13.8 Å². The number of nitrogens with zero attached hydrogens (tertiary/aromatic N) is 1. The van der Waals surface area contributed by atoms with Gasteiger partial charge in [-0.05, 0) is 22.4 Å². The number of sulfonamides is 1. The number of aliphatic carboxylic acids is 1. The summed E-state index contributed by atoms with van der Waals surface area (Å²) in [5.41, 5.74) is 0.625. The summed E-state index contributed by atoms with van der Waals surface area (Å²) in [6.45, 7) is 3.78. The number of aromatic amines is 1. The Labute approximate surface area is 132 Å². The highest BCUT2D eigenvalue weighted by atomic mass is 32.2. The van der Waals surface area contributed by atoms with Crippen LogP contribution in [0.1, 0.15) is 43.6 Å². The Hall–Kier alpha value is -1.71. The van der Waals surface area contributed by atoms with Crippen LogP contribution in [0, 0.1) is 0 Å². The van der Waals surface area contributed by atoms with Crippen LogP contribution in [0.25, 0.3) is 0 Å². The van der Waals surface area contributed by atoms with Crippen LogP contribution in [0.5, 0.6) is 0 Å². The summed E-state index contributed by atoms with van der Waals surface area (Å²) in [5, 5.41) is 12.4. The minimum Gasteiger partial charge on any atom is -0.481 e. The van der Waals surface area contributed by atoms with Crippen molar-refractivity contribution in [1.82, 2.24) is 14.7 Å². The lowest BCUT2D eigenvalue weighted by atomic mass is 10.1. The van der Waals surface area contributed by atoms with Crippen molar-refractivity contribution in [3.63, 3.8) is 0 Å². The molecule has 0 spiro atoms. The fourth-order valence-electron chi connectivity index (χ4n) is 1.88. The highest BCUT2D eigenvalue weighted by Crippen LogP contribution is 2.22. The van der Waals surface area contributed by atoms with E-state index in [0.717, 1.165) is 0 Å². The third-order valence-corrected chi connectivity index (χ3v) is 5.11. The van der Waals surface area contributed by atoms with Crippen molar-refractivity contribution in [2.24, 2.45) is 0 Å². The molecular weight excluding hydrogens is 326 g/mol. The molecule has 2 aromatic rings. The number of carbonyl (C=O) groups is 1. The number of hydrogen-bond acceptors (Lipinski definition) is 5. The lowest BCUT2D eigenvalue weighted by molar-refractivity contribution is -0.137. The van der Waals surface area contributed by atoms with Crippen LogP contribution in [0.4, 0.5) is 0 Å². The van der Waals surface area contributed by atoms with Gasteiger partial charge in [0.1, 0.15) is 5.82 Å². The molecule has 0 saturated heterocycles. The van der Waals surface area contributed by atoms with E-state index in [-0.39, 0.29) is 17.4 Å². The number of nitrogens with one attached hydrogen (secondary N) is 2. The Morgan fingerprint density at radius 2 is 2.23 bits per heavy atom. The van der Waals surface area contributed by atoms with Gasteiger partial charge in [-0.3, -0.25) is 4.79 Å². The zero-order chi connectivity index (χ0) is 16.3. The molecule has 2 aromatic heterocycles. The van der Waals surface area contributed by atoms with Crippen LogP contribution in [-0.2, 0) is 14.8 Å². The Bertz CT molecular complexity index is 735. The maximum atomic E-state index is 12.4. The molecule has 0 saturated carbocycles. The third-order valence-electron chi connectivity index (χ3n) is 3.03. The molecule has 0 aliphatic rings. The molecule has 7 nitrogen and oxygen atoms in total. The van der Waals surface area contributed by atoms with Gasteiger partial charge < -0.3 is 10.1 Å². The summed E-state index contributed by atoms with van der Waals surface area (Å²) in [6, 6.07) is 0.882. The second-order valence-electron chi connectivity index (χ2n) is 5.12. The summed E-state index contributed by atoms with van der Waals surface area (Å²) >= 11 is 1.38. The number of H-pyrrole nitrogens is 1. The van der Waals surface area contributed by atoms with Crippen molar-refractivity contribution in [3.8, 4) is 0 Å². The van der Waals surface area contributed by atoms with E-state index in [2.05, 4.69) is 14.7 Å². The molecule has 0 amide bonds. The van der Waals surface area contributed by atoms with Crippen molar-refractivity contribution in [2.45, 2.75) is 37.3 Å². The molecule has 0 aliphatic carbocycles. The van der Waals surface area contributed by atoms with Crippen LogP contribution in [0.2, 0.25) is 0 Å². The van der Waals surface area contributed by atoms with E-state index in [9.17, 15) is 13.2 Å². The summed E-state index contributed by atoms with van der Waals surface area (Å²) in [5.74, 6) is -0.451. The van der Waals surface area contributed by atoms with Crippen LogP contribution < -0.4 is 4.72 Å². The van der Waals surface area contributed by atoms with Gasteiger partial charge in [0.25, 0.3) is 10.0 Å². The van der Waals surface area contributed by atoms with Gasteiger partial charge in [0.2, 0.25) is 0 Å². The Morgan fingerprint density at radius 1 is 1.50 bits per heavy atom. The highest BCUT2D eigenvalue weighted by Gasteiger charge is 2.25. The third kappa shape index (κ3) is 3.93. The molecule has 2 heterocycles. The molecule has 0 radical (unpaired) electrons. The largest absolute Gasteiger partial charge is 0.481 e. The predicted molar refractivity (Wildman–Crippen MR) is 82.3 cm³/mol. The van der Waals surface area contributed by atoms with E-state index in [1.165, 1.54) is 17.5 Å². The first kappa shape index (κ1) is 16.7. The van der Waals surface area contributed by atoms with Gasteiger partial charge in [0, 0.05) is 5.92 Å². The average molecular weight is 343 g/mol. The van der Waals surface area contributed by atoms with Crippen LogP contribution in [-0.4, -0.2) is 29.5 Å². The first-order valence-electron chi connectivity index (χ1n) is 6.60. The van der Waals surface area contributed by atoms with Crippen molar-refractivity contribution < 1.29 is 18.3 Å². The lowest BCUT2D eigenvalue weighted by Gasteiger charge is -2.15. The van der Waals surface area contributed by atoms with Crippen molar-refractivity contribution in [2.75, 3.05) is 0 Å². The standard InChI is InChI=1S/C13H17N3O4S2/c1-8(2)13-14-6-11(15-13)22(19,20)16-10(5-12(17)18)9-3-4-21-7-9/h3-4,6-8,10,16H,5H2,1-2H3,(H,14,15)(H,17,18). The van der Waals surface area contributed by atoms with Gasteiger partial charge in [-0.25, -0.2) is 18.1 Å². The number of rotatable bonds is 7. The van der Waals surface area contributed by atoms with Gasteiger partial charge in [0.05, 0.1) is 18.7 Å². The van der Waals surface area contributed by atoms with E-state index in [1.54, 1.807) is 16.8 Å². The fraction of sp³-hybridized carbons (Fsp3) is 0.385. The van der Waals surface area contributed by atoms with Crippen molar-refractivity contribution >= 4 is 27.3 Å². The maximum Gasteiger partial charge on any atom is 0.305 e. The number of carboxylic acids is 1. The van der Waals surface area contributed by atoms with Gasteiger partial charge in [-0.15, -0.1) is 0 Å². The summed E-state index contributed by atoms with van der Waals surface area (Å²) < 4.78 is 27.2. The first-order valence-corrected chi connectivity index (χ1v) is 9.03. The molecule has 0 fully saturated rings. The van der Waals surface area contributed by atoms with E-state index in [4.69, 9.17) is 5.11 Å². The fourth-order valence-corrected chi connectivity index (χ4v) is 3.74. The monoisotopic (exact) mass is 343 g/mol. The van der Waals surface area contributed by atoms with Crippen LogP contribution in [0.15, 0.2) is 28.0 Å². The summed E-state index contributed by atoms with van der Waals surface area (Å²) in [6.07, 6.45) is 0.907. The molecule has 9 heteroatoms. The molecule has 0 bridgehead atoms. The molecule has 1 unspecified atom stereocenters. The molecule has 0 aromatic carbocycles. The van der Waals surface area contributed by atoms with Gasteiger partial charge in [-0.1, -0.05) is 13.8 Å². The number of aromatic nitrogens is 2. The molecule has 22 heavy (non-hydrogen) atoms. The van der Waals surface area contributed by atoms with E-state index >= 15 is 0 Å². The summed E-state index contributed by atoms with van der Waals surface area (Å²) in [7, 11) is -3.87. The number of thiophene rings is 1. The number of hydrogen-bond donors (Lipinski definition) is 3. The van der Waals surface area contributed by atoms with Gasteiger partial charge >= 0.3 is 5.97 Å². The zero-order valence-corrected chi connectivity index (χ0v) is 13.7. The van der Waals surface area contributed by atoms with Crippen LogP contribution >= 0.6 is 11.3 Å². The van der Waals surface area contributed by atoms with Crippen LogP contribution in [0.3, 0.4) is 0 Å². The molecular formula is C13H17N3O4S2. The number of imidazole rings is 1. The first-order chi connectivity index (χ1) is 10.3. The van der Waals surface area contributed by atoms with Gasteiger partial charge in [0.15, 0.2) is 5.03 Å². The quantitative estimate of drug-likeness (QED) is 0.712. The molecule has 1 atom stereocenters. The van der Waals surface area contributed by atoms with E-state index < -0.39 is 22.0 Å². The molecule has 120 valence electrons. The minimum absolute atomic E-state index is 0.0654. The Morgan fingerprint density at radius 3 is 2.73 bits per heavy atom. The highest BCUT2D eigenvalue weighted by molar-refractivity contribution is 7.89. The average Bonchev–Trinajstić information content (AvgIpc) is 3.09. The minimum atomic E-state index is -3.87. The Kier molecular flexibility index (Phi) is 4.99. The van der Waals surface area contributed by atoms with Crippen molar-refractivity contribution in [1.29, 1.82) is 0 Å². The lowest BCUT2D eigenvalue weighted by Crippen LogP contribution is -2.30. The molecule has 3 N–H and O–H groups in total. The second kappa shape index (κ2) is 6.59. The predicted octanol–water partition coefficient (Wildman–Crippen LogP) is 2.09. The zero-order valence-electron chi connectivity index (χ0n) is 12.1. The SMILES string of the molecule is CC(C)c1ncc(S(=O)(=O)NC(CC(=O)O)c2ccsc2)[nH]1. The second-order valence-corrected chi connectivity index (χ2v) is 7.58. The number of carboxylic acid groups (broad SMARTS) is 1. The topological polar surface area (TPSA) is 112 Å².